The molecule has 0 aliphatic rings. The van der Waals surface area contributed by atoms with Crippen LogP contribution in [0, 0.1) is 0 Å². The minimum Gasteiger partial charge on any atom is -0.493 e. The number of benzene rings is 1. The van der Waals surface area contributed by atoms with E-state index in [4.69, 9.17) is 9.47 Å². The van der Waals surface area contributed by atoms with Gasteiger partial charge in [0, 0.05) is 32.6 Å². The Kier molecular flexibility index (Phi) is 9.05. The highest BCUT2D eigenvalue weighted by molar-refractivity contribution is 5.98. The summed E-state index contributed by atoms with van der Waals surface area (Å²) in [6, 6.07) is 3.18. The molecular formula is C15H24ClN3O4. The molecule has 0 atom stereocenters. The van der Waals surface area contributed by atoms with Crippen molar-refractivity contribution in [2.75, 3.05) is 46.7 Å². The summed E-state index contributed by atoms with van der Waals surface area (Å²) in [5, 5.41) is 5.64. The molecule has 0 aliphatic heterocycles. The van der Waals surface area contributed by atoms with Crippen LogP contribution in [-0.4, -0.2) is 58.1 Å². The normalized spacial score (nSPS) is 9.61. The largest absolute Gasteiger partial charge is 0.493 e. The summed E-state index contributed by atoms with van der Waals surface area (Å²) in [7, 11) is 6.50. The van der Waals surface area contributed by atoms with Crippen LogP contribution in [0.4, 0.5) is 5.69 Å². The second-order valence-electron chi connectivity index (χ2n) is 4.77. The molecule has 1 aromatic rings. The van der Waals surface area contributed by atoms with Crippen molar-refractivity contribution in [2.24, 2.45) is 0 Å². The Hall–Kier alpha value is -1.99. The van der Waals surface area contributed by atoms with Gasteiger partial charge in [-0.1, -0.05) is 0 Å². The average molecular weight is 346 g/mol. The lowest BCUT2D eigenvalue weighted by Crippen LogP contribution is -2.32. The topological polar surface area (TPSA) is 79.9 Å². The molecule has 0 aliphatic carbocycles. The lowest BCUT2D eigenvalue weighted by atomic mass is 10.1. The summed E-state index contributed by atoms with van der Waals surface area (Å²) >= 11 is 0. The highest BCUT2D eigenvalue weighted by atomic mass is 35.5. The lowest BCUT2D eigenvalue weighted by molar-refractivity contribution is -0.114. The number of amides is 2. The molecule has 0 bridgehead atoms. The molecule has 0 radical (unpaired) electrons. The molecule has 23 heavy (non-hydrogen) atoms. The van der Waals surface area contributed by atoms with Gasteiger partial charge in [0.2, 0.25) is 5.91 Å². The van der Waals surface area contributed by atoms with Crippen LogP contribution in [0.5, 0.6) is 11.5 Å². The van der Waals surface area contributed by atoms with E-state index in [2.05, 4.69) is 10.6 Å². The smallest absolute Gasteiger partial charge is 0.253 e. The molecule has 2 N–H and O–H groups in total. The number of nitrogens with zero attached hydrogens (tertiary/aromatic N) is 1. The van der Waals surface area contributed by atoms with Crippen LogP contribution in [0.2, 0.25) is 0 Å². The summed E-state index contributed by atoms with van der Waals surface area (Å²) in [6.07, 6.45) is 0. The van der Waals surface area contributed by atoms with Crippen molar-refractivity contribution in [3.05, 3.63) is 17.7 Å². The van der Waals surface area contributed by atoms with Gasteiger partial charge >= 0.3 is 0 Å². The van der Waals surface area contributed by atoms with E-state index in [0.29, 0.717) is 35.8 Å². The Balaban J connectivity index is 0.00000484. The van der Waals surface area contributed by atoms with Gasteiger partial charge in [0.1, 0.15) is 0 Å². The second-order valence-corrected chi connectivity index (χ2v) is 4.77. The Morgan fingerprint density at radius 1 is 1.22 bits per heavy atom. The molecule has 0 aromatic heterocycles. The van der Waals surface area contributed by atoms with E-state index in [0.717, 1.165) is 0 Å². The first-order chi connectivity index (χ1) is 10.4. The van der Waals surface area contributed by atoms with Gasteiger partial charge in [-0.15, -0.1) is 12.4 Å². The quantitative estimate of drug-likeness (QED) is 0.780. The van der Waals surface area contributed by atoms with Crippen LogP contribution in [-0.2, 0) is 4.79 Å². The molecular weight excluding hydrogens is 322 g/mol. The Morgan fingerprint density at radius 3 is 2.35 bits per heavy atom. The van der Waals surface area contributed by atoms with Gasteiger partial charge in [0.25, 0.3) is 5.91 Å². The third-order valence-electron chi connectivity index (χ3n) is 3.08. The first kappa shape index (κ1) is 21.0. The molecule has 0 spiro atoms. The predicted octanol–water partition coefficient (Wildman–Crippen LogP) is 1.38. The molecule has 0 saturated heterocycles. The first-order valence-electron chi connectivity index (χ1n) is 6.88. The summed E-state index contributed by atoms with van der Waals surface area (Å²) in [6.45, 7) is 2.65. The third kappa shape index (κ3) is 5.61. The molecule has 1 aromatic carbocycles. The molecule has 0 unspecified atom stereocenters. The minimum absolute atomic E-state index is 0. The van der Waals surface area contributed by atoms with E-state index in [1.165, 1.54) is 21.1 Å². The fourth-order valence-electron chi connectivity index (χ4n) is 1.97. The molecule has 7 nitrogen and oxygen atoms in total. The average Bonchev–Trinajstić information content (AvgIpc) is 2.50. The number of carbonyl (C=O) groups excluding carboxylic acids is 2. The van der Waals surface area contributed by atoms with Crippen LogP contribution in [0.1, 0.15) is 17.3 Å². The summed E-state index contributed by atoms with van der Waals surface area (Å²) < 4.78 is 10.5. The molecule has 0 fully saturated rings. The van der Waals surface area contributed by atoms with Gasteiger partial charge in [0.15, 0.2) is 11.5 Å². The molecule has 0 heterocycles. The third-order valence-corrected chi connectivity index (χ3v) is 3.08. The van der Waals surface area contributed by atoms with Crippen LogP contribution in [0.3, 0.4) is 0 Å². The van der Waals surface area contributed by atoms with Crippen molar-refractivity contribution in [1.29, 1.82) is 0 Å². The van der Waals surface area contributed by atoms with Crippen LogP contribution in [0.15, 0.2) is 12.1 Å². The number of methoxy groups -OCH3 is 2. The standard InChI is InChI=1S/C15H23N3O4.ClH/c1-10(19)17-12-8-11(9-13(21-4)14(12)22-5)15(20)18(3)7-6-16-2;/h8-9,16H,6-7H2,1-5H3,(H,17,19);1H. The van der Waals surface area contributed by atoms with Gasteiger partial charge in [0.05, 0.1) is 19.9 Å². The van der Waals surface area contributed by atoms with Crippen molar-refractivity contribution < 1.29 is 19.1 Å². The monoisotopic (exact) mass is 345 g/mol. The Bertz CT molecular complexity index is 552. The van der Waals surface area contributed by atoms with E-state index < -0.39 is 0 Å². The Labute approximate surface area is 142 Å². The summed E-state index contributed by atoms with van der Waals surface area (Å²) in [5.41, 5.74) is 0.819. The van der Waals surface area contributed by atoms with Crippen LogP contribution in [0.25, 0.3) is 0 Å². The molecule has 2 amide bonds. The van der Waals surface area contributed by atoms with Gasteiger partial charge < -0.3 is 25.0 Å². The number of hydrogen-bond donors (Lipinski definition) is 2. The lowest BCUT2D eigenvalue weighted by Gasteiger charge is -2.19. The molecule has 0 saturated carbocycles. The van der Waals surface area contributed by atoms with E-state index in [-0.39, 0.29) is 24.2 Å². The zero-order valence-electron chi connectivity index (χ0n) is 14.1. The molecule has 1 rings (SSSR count). The number of anilines is 1. The SMILES string of the molecule is CNCCN(C)C(=O)c1cc(NC(C)=O)c(OC)c(OC)c1.Cl. The number of ether oxygens (including phenoxy) is 2. The van der Waals surface area contributed by atoms with Gasteiger partial charge in [-0.25, -0.2) is 0 Å². The highest BCUT2D eigenvalue weighted by Gasteiger charge is 2.19. The van der Waals surface area contributed by atoms with Crippen molar-refractivity contribution in [3.8, 4) is 11.5 Å². The van der Waals surface area contributed by atoms with E-state index in [1.54, 1.807) is 24.1 Å². The zero-order valence-corrected chi connectivity index (χ0v) is 14.9. The molecule has 130 valence electrons. The van der Waals surface area contributed by atoms with Gasteiger partial charge in [-0.3, -0.25) is 9.59 Å². The minimum atomic E-state index is -0.256. The van der Waals surface area contributed by atoms with Crippen molar-refractivity contribution in [3.63, 3.8) is 0 Å². The van der Waals surface area contributed by atoms with Crippen molar-refractivity contribution in [1.82, 2.24) is 10.2 Å². The number of rotatable bonds is 7. The first-order valence-corrected chi connectivity index (χ1v) is 6.88. The summed E-state index contributed by atoms with van der Waals surface area (Å²) in [4.78, 5) is 25.4. The van der Waals surface area contributed by atoms with E-state index in [1.807, 2.05) is 7.05 Å². The maximum absolute atomic E-state index is 12.4. The maximum Gasteiger partial charge on any atom is 0.253 e. The van der Waals surface area contributed by atoms with E-state index >= 15 is 0 Å². The number of likely N-dealkylation sites (N-methyl/N-ethyl adjacent to an activating group) is 2. The van der Waals surface area contributed by atoms with Crippen LogP contribution < -0.4 is 20.1 Å². The van der Waals surface area contributed by atoms with Crippen LogP contribution >= 0.6 is 12.4 Å². The number of nitrogens with one attached hydrogen (secondary N) is 2. The predicted molar refractivity (Wildman–Crippen MR) is 92.0 cm³/mol. The van der Waals surface area contributed by atoms with Gasteiger partial charge in [-0.2, -0.15) is 0 Å². The fraction of sp³-hybridized carbons (Fsp3) is 0.467. The highest BCUT2D eigenvalue weighted by Crippen LogP contribution is 2.36. The van der Waals surface area contributed by atoms with Gasteiger partial charge in [-0.05, 0) is 19.2 Å². The number of carbonyl (C=O) groups is 2. The molecule has 8 heteroatoms. The maximum atomic E-state index is 12.4. The van der Waals surface area contributed by atoms with Crippen molar-refractivity contribution >= 4 is 29.9 Å². The summed E-state index contributed by atoms with van der Waals surface area (Å²) in [5.74, 6) is 0.350. The number of halogens is 1. The second kappa shape index (κ2) is 9.91. The fourth-order valence-corrected chi connectivity index (χ4v) is 1.97. The van der Waals surface area contributed by atoms with E-state index in [9.17, 15) is 9.59 Å². The Morgan fingerprint density at radius 2 is 1.87 bits per heavy atom. The van der Waals surface area contributed by atoms with Crippen molar-refractivity contribution in [2.45, 2.75) is 6.92 Å². The number of hydrogen-bond acceptors (Lipinski definition) is 5. The zero-order chi connectivity index (χ0) is 16.7.